The fourth-order valence-corrected chi connectivity index (χ4v) is 3.61. The quantitative estimate of drug-likeness (QED) is 0.696. The van der Waals surface area contributed by atoms with E-state index in [1.54, 1.807) is 10.9 Å². The van der Waals surface area contributed by atoms with Gasteiger partial charge in [-0.05, 0) is 24.8 Å². The van der Waals surface area contributed by atoms with Crippen LogP contribution in [0.4, 0.5) is 5.82 Å². The molecule has 140 valence electrons. The summed E-state index contributed by atoms with van der Waals surface area (Å²) in [5.41, 5.74) is 8.49. The normalized spacial score (nSPS) is 15.4. The van der Waals surface area contributed by atoms with E-state index < -0.39 is 0 Å². The second kappa shape index (κ2) is 6.82. The van der Waals surface area contributed by atoms with Crippen LogP contribution < -0.4 is 5.73 Å². The number of carbonyl (C=O) groups excluding carboxylic acids is 1. The molecule has 0 radical (unpaired) electrons. The van der Waals surface area contributed by atoms with Crippen LogP contribution in [0.3, 0.4) is 0 Å². The lowest BCUT2D eigenvalue weighted by Crippen LogP contribution is -2.38. The Morgan fingerprint density at radius 1 is 1.37 bits per heavy atom. The van der Waals surface area contributed by atoms with Crippen LogP contribution in [0.5, 0.6) is 0 Å². The van der Waals surface area contributed by atoms with Crippen molar-refractivity contribution in [2.45, 2.75) is 19.4 Å². The first-order chi connectivity index (χ1) is 13.1. The predicted octanol–water partition coefficient (Wildman–Crippen LogP) is 1.23. The maximum Gasteiger partial charge on any atom is 0.245 e. The molecule has 0 spiro atoms. The summed E-state index contributed by atoms with van der Waals surface area (Å²) in [4.78, 5) is 22.2. The molecular formula is C18H22N8O. The van der Waals surface area contributed by atoms with Gasteiger partial charge in [0.1, 0.15) is 17.8 Å². The number of nitrogens with two attached hydrogens (primary N) is 1. The van der Waals surface area contributed by atoms with Crippen LogP contribution in [0.1, 0.15) is 12.8 Å². The molecule has 4 rings (SSSR count). The van der Waals surface area contributed by atoms with Crippen LogP contribution in [0.2, 0.25) is 0 Å². The Morgan fingerprint density at radius 2 is 2.15 bits per heavy atom. The summed E-state index contributed by atoms with van der Waals surface area (Å²) in [5, 5.41) is 9.76. The fraction of sp³-hybridized carbons (Fsp3) is 0.389. The number of rotatable bonds is 4. The zero-order chi connectivity index (χ0) is 19.0. The molecule has 3 aromatic heterocycles. The van der Waals surface area contributed by atoms with Crippen molar-refractivity contribution in [2.24, 2.45) is 13.0 Å². The highest BCUT2D eigenvalue weighted by atomic mass is 16.2. The van der Waals surface area contributed by atoms with E-state index >= 15 is 0 Å². The first kappa shape index (κ1) is 17.2. The van der Waals surface area contributed by atoms with Gasteiger partial charge in [-0.25, -0.2) is 14.6 Å². The van der Waals surface area contributed by atoms with Crippen LogP contribution >= 0.6 is 0 Å². The number of fused-ring (bicyclic) bond motifs is 1. The van der Waals surface area contributed by atoms with Gasteiger partial charge in [0.05, 0.1) is 11.6 Å². The Balaban J connectivity index is 1.62. The van der Waals surface area contributed by atoms with E-state index in [0.717, 1.165) is 54.8 Å². The first-order valence-corrected chi connectivity index (χ1v) is 8.94. The molecule has 4 heterocycles. The Kier molecular flexibility index (Phi) is 4.35. The Hall–Kier alpha value is -3.23. The van der Waals surface area contributed by atoms with Gasteiger partial charge in [0.15, 0.2) is 5.65 Å². The van der Waals surface area contributed by atoms with Gasteiger partial charge in [0.2, 0.25) is 5.91 Å². The first-order valence-electron chi connectivity index (χ1n) is 8.94. The molecule has 1 aliphatic heterocycles. The molecule has 1 aliphatic rings. The lowest BCUT2D eigenvalue weighted by Gasteiger charge is -2.31. The van der Waals surface area contributed by atoms with E-state index in [1.165, 1.54) is 12.4 Å². The van der Waals surface area contributed by atoms with Crippen LogP contribution in [0.25, 0.3) is 22.3 Å². The van der Waals surface area contributed by atoms with Crippen molar-refractivity contribution in [1.29, 1.82) is 0 Å². The number of carbonyl (C=O) groups is 1. The highest BCUT2D eigenvalue weighted by Gasteiger charge is 2.24. The van der Waals surface area contributed by atoms with E-state index in [9.17, 15) is 4.79 Å². The van der Waals surface area contributed by atoms with Crippen molar-refractivity contribution >= 4 is 22.8 Å². The largest absolute Gasteiger partial charge is 0.383 e. The molecule has 3 aromatic rings. The summed E-state index contributed by atoms with van der Waals surface area (Å²) >= 11 is 0. The zero-order valence-corrected chi connectivity index (χ0v) is 15.2. The Bertz CT molecular complexity index is 996. The smallest absolute Gasteiger partial charge is 0.245 e. The second-order valence-corrected chi connectivity index (χ2v) is 6.86. The monoisotopic (exact) mass is 366 g/mol. The molecule has 27 heavy (non-hydrogen) atoms. The summed E-state index contributed by atoms with van der Waals surface area (Å²) < 4.78 is 3.64. The van der Waals surface area contributed by atoms with E-state index in [2.05, 4.69) is 21.6 Å². The van der Waals surface area contributed by atoms with E-state index in [-0.39, 0.29) is 5.91 Å². The molecule has 0 aromatic carbocycles. The molecule has 2 N–H and O–H groups in total. The van der Waals surface area contributed by atoms with Gasteiger partial charge >= 0.3 is 0 Å². The minimum absolute atomic E-state index is 0.00244. The highest BCUT2D eigenvalue weighted by molar-refractivity contribution is 5.98. The third kappa shape index (κ3) is 3.16. The number of hydrogen-bond acceptors (Lipinski definition) is 6. The number of aromatic nitrogens is 6. The number of likely N-dealkylation sites (tertiary alicyclic amines) is 1. The zero-order valence-electron chi connectivity index (χ0n) is 15.2. The molecule has 1 amide bonds. The van der Waals surface area contributed by atoms with Crippen LogP contribution in [0, 0.1) is 5.92 Å². The molecule has 0 aliphatic carbocycles. The van der Waals surface area contributed by atoms with E-state index in [4.69, 9.17) is 10.8 Å². The number of nitrogen functional groups attached to an aromatic ring is 1. The van der Waals surface area contributed by atoms with Gasteiger partial charge < -0.3 is 10.6 Å². The Labute approximate surface area is 156 Å². The minimum atomic E-state index is -0.00244. The second-order valence-electron chi connectivity index (χ2n) is 6.86. The van der Waals surface area contributed by atoms with Crippen molar-refractivity contribution in [2.75, 3.05) is 18.8 Å². The maximum absolute atomic E-state index is 11.8. The summed E-state index contributed by atoms with van der Waals surface area (Å²) in [6.45, 7) is 5.76. The molecule has 9 heteroatoms. The molecule has 1 fully saturated rings. The summed E-state index contributed by atoms with van der Waals surface area (Å²) in [5.74, 6) is 0.828. The number of aryl methyl sites for hydroxylation is 1. The lowest BCUT2D eigenvalue weighted by atomic mass is 9.97. The van der Waals surface area contributed by atoms with Gasteiger partial charge in [-0.15, -0.1) is 0 Å². The molecule has 9 nitrogen and oxygen atoms in total. The molecule has 0 atom stereocenters. The van der Waals surface area contributed by atoms with Gasteiger partial charge in [-0.3, -0.25) is 9.48 Å². The van der Waals surface area contributed by atoms with Gasteiger partial charge in [-0.2, -0.15) is 10.2 Å². The number of piperidine rings is 1. The fourth-order valence-electron chi connectivity index (χ4n) is 3.61. The van der Waals surface area contributed by atoms with Gasteiger partial charge in [0.25, 0.3) is 0 Å². The van der Waals surface area contributed by atoms with E-state index in [1.807, 2.05) is 22.8 Å². The van der Waals surface area contributed by atoms with Gasteiger partial charge in [0, 0.05) is 38.4 Å². The third-order valence-corrected chi connectivity index (χ3v) is 5.07. The summed E-state index contributed by atoms with van der Waals surface area (Å²) in [6, 6.07) is 0. The lowest BCUT2D eigenvalue weighted by molar-refractivity contribution is -0.127. The van der Waals surface area contributed by atoms with Crippen molar-refractivity contribution in [3.63, 3.8) is 0 Å². The Morgan fingerprint density at radius 3 is 2.81 bits per heavy atom. The highest BCUT2D eigenvalue weighted by Crippen LogP contribution is 2.31. The number of amides is 1. The number of anilines is 1. The standard InChI is InChI=1S/C18H22N8O/c1-3-14(27)25-6-4-12(5-7-25)9-26-18-15(17(19)20-11-21-18)16(23-26)13-8-22-24(2)10-13/h3,8,10-12H,1,4-7,9H2,2H3,(H2,19,20,21). The minimum Gasteiger partial charge on any atom is -0.383 e. The van der Waals surface area contributed by atoms with E-state index in [0.29, 0.717) is 11.7 Å². The molecule has 1 saturated heterocycles. The predicted molar refractivity (Wildman–Crippen MR) is 101 cm³/mol. The topological polar surface area (TPSA) is 108 Å². The maximum atomic E-state index is 11.8. The van der Waals surface area contributed by atoms with Crippen molar-refractivity contribution < 1.29 is 4.79 Å². The van der Waals surface area contributed by atoms with Crippen molar-refractivity contribution in [3.05, 3.63) is 31.4 Å². The SMILES string of the molecule is C=CC(=O)N1CCC(Cn2nc(-c3cnn(C)c3)c3c(N)ncnc32)CC1. The van der Waals surface area contributed by atoms with Gasteiger partial charge in [-0.1, -0.05) is 6.58 Å². The average molecular weight is 366 g/mol. The molecule has 0 unspecified atom stereocenters. The van der Waals surface area contributed by atoms with Crippen molar-refractivity contribution in [3.8, 4) is 11.3 Å². The summed E-state index contributed by atoms with van der Waals surface area (Å²) in [7, 11) is 1.86. The molecular weight excluding hydrogens is 344 g/mol. The molecule has 0 saturated carbocycles. The molecule has 0 bridgehead atoms. The van der Waals surface area contributed by atoms with Crippen LogP contribution in [-0.2, 0) is 18.4 Å². The average Bonchev–Trinajstić information content (AvgIpc) is 3.26. The third-order valence-electron chi connectivity index (χ3n) is 5.07. The summed E-state index contributed by atoms with van der Waals surface area (Å²) in [6.07, 6.45) is 8.35. The van der Waals surface area contributed by atoms with Crippen molar-refractivity contribution in [1.82, 2.24) is 34.4 Å². The number of hydrogen-bond donors (Lipinski definition) is 1. The number of nitrogens with zero attached hydrogens (tertiary/aromatic N) is 7. The van der Waals surface area contributed by atoms with Crippen LogP contribution in [-0.4, -0.2) is 53.4 Å². The van der Waals surface area contributed by atoms with Crippen LogP contribution in [0.15, 0.2) is 31.4 Å².